The van der Waals surface area contributed by atoms with E-state index in [-0.39, 0.29) is 42.5 Å². The predicted molar refractivity (Wildman–Crippen MR) is 84.2 cm³/mol. The molecule has 1 aliphatic rings. The third-order valence-electron chi connectivity index (χ3n) is 3.85. The first-order valence-electron chi connectivity index (χ1n) is 7.52. The molecule has 1 fully saturated rings. The zero-order chi connectivity index (χ0) is 19.5. The number of carbonyl (C=O) groups is 1. The number of halogens is 3. The fraction of sp³-hybridized carbons (Fsp3) is 0.500. The third kappa shape index (κ3) is 5.39. The Morgan fingerprint density at radius 2 is 1.77 bits per heavy atom. The number of nitro benzene ring substituents is 1. The number of sulfone groups is 1. The number of nitrogens with zero attached hydrogens (tertiary/aromatic N) is 3. The van der Waals surface area contributed by atoms with Crippen molar-refractivity contribution in [1.82, 2.24) is 9.80 Å². The van der Waals surface area contributed by atoms with Crippen molar-refractivity contribution < 1.29 is 31.3 Å². The van der Waals surface area contributed by atoms with Crippen LogP contribution in [-0.2, 0) is 14.6 Å². The molecule has 8 nitrogen and oxygen atoms in total. The van der Waals surface area contributed by atoms with Crippen molar-refractivity contribution in [2.24, 2.45) is 0 Å². The van der Waals surface area contributed by atoms with Gasteiger partial charge in [0.2, 0.25) is 5.91 Å². The van der Waals surface area contributed by atoms with Crippen molar-refractivity contribution in [2.45, 2.75) is 11.1 Å². The van der Waals surface area contributed by atoms with Crippen LogP contribution in [0.25, 0.3) is 0 Å². The maximum atomic E-state index is 12.4. The SMILES string of the molecule is O=C1CN(CCS(=O)(=O)c2ccc([N+](=O)[O-])cc2)CCN1CC(F)(F)F. The Labute approximate surface area is 147 Å². The molecule has 1 saturated heterocycles. The maximum absolute atomic E-state index is 12.4. The fourth-order valence-corrected chi connectivity index (χ4v) is 3.76. The van der Waals surface area contributed by atoms with Crippen LogP contribution in [0, 0.1) is 10.1 Å². The predicted octanol–water partition coefficient (Wildman–Crippen LogP) is 1.07. The summed E-state index contributed by atoms with van der Waals surface area (Å²) in [6.07, 6.45) is -4.48. The quantitative estimate of drug-likeness (QED) is 0.528. The maximum Gasteiger partial charge on any atom is 0.406 e. The van der Waals surface area contributed by atoms with E-state index < -0.39 is 33.4 Å². The summed E-state index contributed by atoms with van der Waals surface area (Å²) in [7, 11) is -3.73. The molecule has 1 aromatic carbocycles. The van der Waals surface area contributed by atoms with Gasteiger partial charge in [0, 0.05) is 31.8 Å². The van der Waals surface area contributed by atoms with Crippen LogP contribution < -0.4 is 0 Å². The van der Waals surface area contributed by atoms with E-state index >= 15 is 0 Å². The van der Waals surface area contributed by atoms with Crippen LogP contribution in [0.15, 0.2) is 29.2 Å². The summed E-state index contributed by atoms with van der Waals surface area (Å²) < 4.78 is 61.6. The minimum Gasteiger partial charge on any atom is -0.331 e. The van der Waals surface area contributed by atoms with E-state index in [1.165, 1.54) is 4.90 Å². The van der Waals surface area contributed by atoms with Crippen LogP contribution in [0.5, 0.6) is 0 Å². The summed E-state index contributed by atoms with van der Waals surface area (Å²) in [6.45, 7) is -1.62. The molecule has 26 heavy (non-hydrogen) atoms. The van der Waals surface area contributed by atoms with Gasteiger partial charge in [-0.3, -0.25) is 19.8 Å². The molecular weight excluding hydrogens is 379 g/mol. The van der Waals surface area contributed by atoms with Crippen LogP contribution in [0.3, 0.4) is 0 Å². The molecule has 0 spiro atoms. The molecule has 0 aromatic heterocycles. The minimum atomic E-state index is -4.48. The molecule has 0 N–H and O–H groups in total. The van der Waals surface area contributed by atoms with E-state index in [2.05, 4.69) is 0 Å². The van der Waals surface area contributed by atoms with Crippen molar-refractivity contribution in [3.05, 3.63) is 34.4 Å². The summed E-state index contributed by atoms with van der Waals surface area (Å²) in [6, 6.07) is 4.40. The Morgan fingerprint density at radius 1 is 1.15 bits per heavy atom. The van der Waals surface area contributed by atoms with Gasteiger partial charge < -0.3 is 4.90 Å². The Bertz CT molecular complexity index is 780. The first kappa shape index (κ1) is 20.1. The Hall–Kier alpha value is -2.21. The lowest BCUT2D eigenvalue weighted by molar-refractivity contribution is -0.384. The molecule has 1 amide bonds. The van der Waals surface area contributed by atoms with Crippen LogP contribution in [-0.4, -0.2) is 73.7 Å². The summed E-state index contributed by atoms with van der Waals surface area (Å²) in [5.41, 5.74) is -0.240. The number of hydrogen-bond acceptors (Lipinski definition) is 6. The summed E-state index contributed by atoms with van der Waals surface area (Å²) >= 11 is 0. The summed E-state index contributed by atoms with van der Waals surface area (Å²) in [5.74, 6) is -1.06. The van der Waals surface area contributed by atoms with E-state index in [0.29, 0.717) is 4.90 Å². The number of rotatable bonds is 6. The molecule has 144 valence electrons. The molecule has 2 rings (SSSR count). The van der Waals surface area contributed by atoms with Gasteiger partial charge in [0.05, 0.1) is 22.1 Å². The van der Waals surface area contributed by atoms with E-state index in [4.69, 9.17) is 0 Å². The van der Waals surface area contributed by atoms with Gasteiger partial charge in [0.15, 0.2) is 9.84 Å². The van der Waals surface area contributed by atoms with E-state index in [0.717, 1.165) is 24.3 Å². The highest BCUT2D eigenvalue weighted by atomic mass is 32.2. The molecule has 1 aliphatic heterocycles. The number of carbonyl (C=O) groups excluding carboxylic acids is 1. The Morgan fingerprint density at radius 3 is 2.27 bits per heavy atom. The second kappa shape index (κ2) is 7.58. The van der Waals surface area contributed by atoms with Gasteiger partial charge >= 0.3 is 6.18 Å². The normalized spacial score (nSPS) is 16.7. The molecule has 0 radical (unpaired) electrons. The Balaban J connectivity index is 1.92. The lowest BCUT2D eigenvalue weighted by atomic mass is 10.3. The smallest absolute Gasteiger partial charge is 0.331 e. The standard InChI is InChI=1S/C14H16F3N3O5S/c15-14(16,17)10-19-6-5-18(9-13(19)21)7-8-26(24,25)12-3-1-11(2-4-12)20(22)23/h1-4H,5-10H2. The average molecular weight is 395 g/mol. The van der Waals surface area contributed by atoms with Gasteiger partial charge in [-0.05, 0) is 12.1 Å². The van der Waals surface area contributed by atoms with Crippen LogP contribution in [0.2, 0.25) is 0 Å². The molecular formula is C14H16F3N3O5S. The van der Waals surface area contributed by atoms with Crippen molar-refractivity contribution in [3.8, 4) is 0 Å². The molecule has 1 aromatic rings. The highest BCUT2D eigenvalue weighted by Crippen LogP contribution is 2.19. The second-order valence-corrected chi connectivity index (χ2v) is 7.89. The topological polar surface area (TPSA) is 101 Å². The molecule has 0 aliphatic carbocycles. The number of nitro groups is 1. The van der Waals surface area contributed by atoms with Crippen molar-refractivity contribution in [2.75, 3.05) is 38.5 Å². The number of benzene rings is 1. The number of alkyl halides is 3. The van der Waals surface area contributed by atoms with Crippen molar-refractivity contribution in [3.63, 3.8) is 0 Å². The highest BCUT2D eigenvalue weighted by Gasteiger charge is 2.35. The van der Waals surface area contributed by atoms with Gasteiger partial charge in [-0.15, -0.1) is 0 Å². The van der Waals surface area contributed by atoms with Gasteiger partial charge in [-0.2, -0.15) is 13.2 Å². The van der Waals surface area contributed by atoms with Gasteiger partial charge in [-0.25, -0.2) is 8.42 Å². The lowest BCUT2D eigenvalue weighted by Crippen LogP contribution is -2.53. The van der Waals surface area contributed by atoms with Crippen molar-refractivity contribution >= 4 is 21.4 Å². The van der Waals surface area contributed by atoms with Crippen molar-refractivity contribution in [1.29, 1.82) is 0 Å². The number of piperazine rings is 1. The number of amides is 1. The monoisotopic (exact) mass is 395 g/mol. The zero-order valence-corrected chi connectivity index (χ0v) is 14.3. The molecule has 12 heteroatoms. The largest absolute Gasteiger partial charge is 0.406 e. The Kier molecular flexibility index (Phi) is 5.86. The first-order chi connectivity index (χ1) is 12.0. The zero-order valence-electron chi connectivity index (χ0n) is 13.5. The molecule has 0 bridgehead atoms. The third-order valence-corrected chi connectivity index (χ3v) is 5.56. The van der Waals surface area contributed by atoms with E-state index in [9.17, 15) is 36.5 Å². The lowest BCUT2D eigenvalue weighted by Gasteiger charge is -2.34. The van der Waals surface area contributed by atoms with E-state index in [1.54, 1.807) is 0 Å². The summed E-state index contributed by atoms with van der Waals surface area (Å²) in [5, 5.41) is 10.6. The number of hydrogen-bond donors (Lipinski definition) is 0. The molecule has 0 unspecified atom stereocenters. The minimum absolute atomic E-state index is 0.0229. The summed E-state index contributed by atoms with van der Waals surface area (Å²) in [4.78, 5) is 23.8. The fourth-order valence-electron chi connectivity index (χ4n) is 2.47. The van der Waals surface area contributed by atoms with Crippen LogP contribution in [0.1, 0.15) is 0 Å². The van der Waals surface area contributed by atoms with Gasteiger partial charge in [0.25, 0.3) is 5.69 Å². The first-order valence-corrected chi connectivity index (χ1v) is 9.17. The molecule has 0 saturated carbocycles. The second-order valence-electron chi connectivity index (χ2n) is 5.78. The van der Waals surface area contributed by atoms with Crippen LogP contribution in [0.4, 0.5) is 18.9 Å². The average Bonchev–Trinajstić information content (AvgIpc) is 2.54. The highest BCUT2D eigenvalue weighted by molar-refractivity contribution is 7.91. The van der Waals surface area contributed by atoms with Crippen LogP contribution >= 0.6 is 0 Å². The van der Waals surface area contributed by atoms with E-state index in [1.807, 2.05) is 0 Å². The molecule has 0 atom stereocenters. The molecule has 1 heterocycles. The van der Waals surface area contributed by atoms with Gasteiger partial charge in [0.1, 0.15) is 6.54 Å². The van der Waals surface area contributed by atoms with Gasteiger partial charge in [-0.1, -0.05) is 0 Å². The number of non-ortho nitro benzene ring substituents is 1.